The maximum Gasteiger partial charge on any atom is 0.313 e. The largest absolute Gasteiger partial charge is 0.491 e. The number of aliphatic hydroxyl groups is 1. The van der Waals surface area contributed by atoms with Crippen molar-refractivity contribution in [2.45, 2.75) is 37.9 Å². The van der Waals surface area contributed by atoms with Crippen LogP contribution in [-0.4, -0.2) is 53.1 Å². The van der Waals surface area contributed by atoms with Crippen LogP contribution in [0.25, 0.3) is 0 Å². The maximum atomic E-state index is 10.7. The van der Waals surface area contributed by atoms with Gasteiger partial charge in [0, 0.05) is 0 Å². The Morgan fingerprint density at radius 2 is 2.07 bits per heavy atom. The molecule has 1 aromatic carbocycles. The van der Waals surface area contributed by atoms with E-state index in [1.54, 1.807) is 0 Å². The summed E-state index contributed by atoms with van der Waals surface area (Å²) in [5.74, 6) is 2.38. The number of hydrogen-bond acceptors (Lipinski definition) is 5. The number of ether oxygens (including phenoxy) is 2. The first-order valence-electron chi connectivity index (χ1n) is 10.1. The molecule has 1 aliphatic carbocycles. The van der Waals surface area contributed by atoms with Crippen molar-refractivity contribution in [3.8, 4) is 5.75 Å². The quantitative estimate of drug-likeness (QED) is 0.610. The molecule has 5 atom stereocenters. The molecule has 1 aromatic rings. The minimum Gasteiger partial charge on any atom is -0.491 e. The number of carboxylic acid groups (broad SMARTS) is 1. The van der Waals surface area contributed by atoms with Gasteiger partial charge in [-0.1, -0.05) is 30.4 Å². The predicted molar refractivity (Wildman–Crippen MR) is 111 cm³/mol. The van der Waals surface area contributed by atoms with Crippen LogP contribution in [0.5, 0.6) is 5.75 Å². The van der Waals surface area contributed by atoms with Crippen molar-refractivity contribution in [2.75, 3.05) is 24.7 Å². The van der Waals surface area contributed by atoms with Gasteiger partial charge in [-0.2, -0.15) is 0 Å². The molecule has 2 N–H and O–H groups in total. The molecule has 28 heavy (non-hydrogen) atoms. The van der Waals surface area contributed by atoms with Gasteiger partial charge in [0.05, 0.1) is 18.5 Å². The number of carbonyl (C=O) groups is 1. The van der Waals surface area contributed by atoms with Crippen LogP contribution in [0, 0.1) is 17.8 Å². The number of aliphatic hydroxyl groups excluding tert-OH is 1. The second kappa shape index (κ2) is 10.9. The molecular weight excluding hydrogens is 376 g/mol. The van der Waals surface area contributed by atoms with E-state index in [1.807, 2.05) is 36.4 Å². The normalized spacial score (nSPS) is 28.6. The summed E-state index contributed by atoms with van der Waals surface area (Å²) in [6.45, 7) is 0.985. The van der Waals surface area contributed by atoms with E-state index in [-0.39, 0.29) is 12.4 Å². The molecule has 0 unspecified atom stereocenters. The number of fused-ring (bicyclic) bond motifs is 1. The van der Waals surface area contributed by atoms with Gasteiger partial charge in [-0.3, -0.25) is 4.79 Å². The van der Waals surface area contributed by atoms with E-state index in [0.717, 1.165) is 43.8 Å². The van der Waals surface area contributed by atoms with Crippen LogP contribution < -0.4 is 4.74 Å². The number of hydrogen-bond donors (Lipinski definition) is 2. The molecule has 0 aromatic heterocycles. The first-order chi connectivity index (χ1) is 13.6. The molecule has 1 saturated heterocycles. The molecule has 1 aliphatic heterocycles. The summed E-state index contributed by atoms with van der Waals surface area (Å²) < 4.78 is 11.8. The fourth-order valence-electron chi connectivity index (χ4n) is 4.15. The zero-order valence-electron chi connectivity index (χ0n) is 16.1. The van der Waals surface area contributed by atoms with E-state index in [9.17, 15) is 9.90 Å². The first kappa shape index (κ1) is 21.2. The zero-order valence-corrected chi connectivity index (χ0v) is 16.9. The van der Waals surface area contributed by atoms with Crippen LogP contribution in [0.4, 0.5) is 0 Å². The second-order valence-electron chi connectivity index (χ2n) is 7.71. The Labute approximate surface area is 171 Å². The maximum absolute atomic E-state index is 10.7. The third-order valence-corrected chi connectivity index (χ3v) is 6.75. The van der Waals surface area contributed by atoms with Crippen LogP contribution in [0.3, 0.4) is 0 Å². The van der Waals surface area contributed by atoms with Gasteiger partial charge in [-0.25, -0.2) is 0 Å². The highest BCUT2D eigenvalue weighted by molar-refractivity contribution is 7.99. The van der Waals surface area contributed by atoms with Gasteiger partial charge < -0.3 is 19.7 Å². The number of allylic oxidation sites excluding steroid dienone is 1. The number of carboxylic acids is 1. The first-order valence-corrected chi connectivity index (χ1v) is 11.2. The van der Waals surface area contributed by atoms with Crippen LogP contribution >= 0.6 is 11.8 Å². The molecule has 154 valence electrons. The fourth-order valence-corrected chi connectivity index (χ4v) is 5.04. The van der Waals surface area contributed by atoms with Crippen LogP contribution in [0.15, 0.2) is 42.5 Å². The van der Waals surface area contributed by atoms with Crippen molar-refractivity contribution in [3.63, 3.8) is 0 Å². The van der Waals surface area contributed by atoms with E-state index in [4.69, 9.17) is 14.6 Å². The van der Waals surface area contributed by atoms with Crippen molar-refractivity contribution in [2.24, 2.45) is 17.8 Å². The van der Waals surface area contributed by atoms with Crippen molar-refractivity contribution < 1.29 is 24.5 Å². The van der Waals surface area contributed by atoms with E-state index in [0.29, 0.717) is 23.9 Å². The average Bonchev–Trinajstić information content (AvgIpc) is 2.97. The van der Waals surface area contributed by atoms with Crippen LogP contribution in [0.1, 0.15) is 25.7 Å². The second-order valence-corrected chi connectivity index (χ2v) is 8.74. The molecule has 1 saturated carbocycles. The molecule has 0 amide bonds. The molecule has 1 heterocycles. The van der Waals surface area contributed by atoms with Crippen LogP contribution in [-0.2, 0) is 9.53 Å². The Kier molecular flexibility index (Phi) is 8.25. The lowest BCUT2D eigenvalue weighted by molar-refractivity contribution is -0.133. The predicted octanol–water partition coefficient (Wildman–Crippen LogP) is 3.62. The summed E-state index contributed by atoms with van der Waals surface area (Å²) in [5.41, 5.74) is 0. The highest BCUT2D eigenvalue weighted by atomic mass is 32.2. The summed E-state index contributed by atoms with van der Waals surface area (Å²) >= 11 is 1.48. The Balaban J connectivity index is 1.43. The minimum absolute atomic E-state index is 0.164. The van der Waals surface area contributed by atoms with Gasteiger partial charge in [0.1, 0.15) is 18.5 Å². The van der Waals surface area contributed by atoms with Gasteiger partial charge in [0.15, 0.2) is 0 Å². The van der Waals surface area contributed by atoms with Crippen molar-refractivity contribution >= 4 is 17.7 Å². The zero-order chi connectivity index (χ0) is 19.8. The smallest absolute Gasteiger partial charge is 0.313 e. The van der Waals surface area contributed by atoms with Crippen molar-refractivity contribution in [1.82, 2.24) is 0 Å². The number of rotatable bonds is 9. The highest BCUT2D eigenvalue weighted by Gasteiger charge is 2.37. The Morgan fingerprint density at radius 3 is 2.86 bits per heavy atom. The van der Waals surface area contributed by atoms with E-state index in [1.165, 1.54) is 11.8 Å². The number of benzene rings is 1. The van der Waals surface area contributed by atoms with Crippen molar-refractivity contribution in [3.05, 3.63) is 42.5 Å². The molecule has 6 heteroatoms. The van der Waals surface area contributed by atoms with Crippen molar-refractivity contribution in [1.29, 1.82) is 0 Å². The van der Waals surface area contributed by atoms with E-state index < -0.39 is 12.1 Å². The molecule has 2 aliphatic rings. The van der Waals surface area contributed by atoms with Gasteiger partial charge in [0.25, 0.3) is 0 Å². The SMILES string of the molecule is O=C(O)CSC[C@H]1CC[C@H]2[C@H](CC[C@@H]2/C=C/[C@@H](O)COc2ccccc2)OC1. The number of para-hydroxylation sites is 1. The Hall–Kier alpha value is -1.50. The van der Waals surface area contributed by atoms with E-state index >= 15 is 0 Å². The highest BCUT2D eigenvalue weighted by Crippen LogP contribution is 2.41. The lowest BCUT2D eigenvalue weighted by Crippen LogP contribution is -2.21. The topological polar surface area (TPSA) is 76.0 Å². The van der Waals surface area contributed by atoms with E-state index in [2.05, 4.69) is 6.08 Å². The summed E-state index contributed by atoms with van der Waals surface area (Å²) in [7, 11) is 0. The Morgan fingerprint density at radius 1 is 1.25 bits per heavy atom. The van der Waals surface area contributed by atoms with Crippen LogP contribution in [0.2, 0.25) is 0 Å². The summed E-state index contributed by atoms with van der Waals surface area (Å²) in [4.78, 5) is 10.7. The third kappa shape index (κ3) is 6.54. The third-order valence-electron chi connectivity index (χ3n) is 5.59. The standard InChI is InChI=1S/C22H30O5S/c23-18(13-26-19-4-2-1-3-5-19)9-7-17-8-11-21-20(17)10-6-16(12-27-21)14-28-15-22(24)25/h1-5,7,9,16-18,20-21,23H,6,8,10-15H2,(H,24,25)/b9-7+/t16-,17-,18+,20+,21-/m0/s1. The number of aliphatic carboxylic acids is 1. The summed E-state index contributed by atoms with van der Waals surface area (Å²) in [6, 6.07) is 9.52. The monoisotopic (exact) mass is 406 g/mol. The molecule has 0 radical (unpaired) electrons. The summed E-state index contributed by atoms with van der Waals surface area (Å²) in [6.07, 6.45) is 8.02. The molecule has 5 nitrogen and oxygen atoms in total. The molecular formula is C22H30O5S. The lowest BCUT2D eigenvalue weighted by atomic mass is 9.88. The average molecular weight is 407 g/mol. The Bertz CT molecular complexity index is 635. The molecule has 0 spiro atoms. The summed E-state index contributed by atoms with van der Waals surface area (Å²) in [5, 5.41) is 19.0. The fraction of sp³-hybridized carbons (Fsp3) is 0.591. The van der Waals surface area contributed by atoms with Gasteiger partial charge in [-0.15, -0.1) is 11.8 Å². The molecule has 0 bridgehead atoms. The van der Waals surface area contributed by atoms with Gasteiger partial charge in [0.2, 0.25) is 0 Å². The molecule has 3 rings (SSSR count). The number of thioether (sulfide) groups is 1. The van der Waals surface area contributed by atoms with Gasteiger partial charge >= 0.3 is 5.97 Å². The lowest BCUT2D eigenvalue weighted by Gasteiger charge is -2.20. The van der Waals surface area contributed by atoms with Gasteiger partial charge in [-0.05, 0) is 61.3 Å². The minimum atomic E-state index is -0.753. The molecule has 2 fully saturated rings.